The van der Waals surface area contributed by atoms with Crippen LogP contribution in [0.25, 0.3) is 6.08 Å². The number of esters is 1. The van der Waals surface area contributed by atoms with E-state index in [2.05, 4.69) is 16.0 Å². The average Bonchev–Trinajstić information content (AvgIpc) is 3.02. The Kier molecular flexibility index (Phi) is 11.6. The predicted molar refractivity (Wildman–Crippen MR) is 175 cm³/mol. The van der Waals surface area contributed by atoms with Crippen molar-refractivity contribution in [1.29, 1.82) is 0 Å². The second-order valence-corrected chi connectivity index (χ2v) is 11.0. The summed E-state index contributed by atoms with van der Waals surface area (Å²) in [7, 11) is 0. The van der Waals surface area contributed by atoms with Crippen molar-refractivity contribution < 1.29 is 23.9 Å². The Balaban J connectivity index is 1.43. The number of nitrogens with one attached hydrogen (secondary N) is 3. The number of amides is 3. The predicted octanol–water partition coefficient (Wildman–Crippen LogP) is 7.31. The maximum Gasteiger partial charge on any atom is 0.338 e. The van der Waals surface area contributed by atoms with Gasteiger partial charge < -0.3 is 20.7 Å². The van der Waals surface area contributed by atoms with Gasteiger partial charge >= 0.3 is 5.97 Å². The molecule has 0 atom stereocenters. The van der Waals surface area contributed by atoms with Crippen LogP contribution in [0.15, 0.2) is 108 Å². The van der Waals surface area contributed by atoms with E-state index < -0.39 is 17.8 Å². The highest BCUT2D eigenvalue weighted by atomic mass is 35.5. The maximum absolute atomic E-state index is 13.4. The van der Waals surface area contributed by atoms with Crippen molar-refractivity contribution in [3.05, 3.63) is 129 Å². The molecular weight excluding hydrogens is 621 g/mol. The molecule has 0 heterocycles. The topological polar surface area (TPSA) is 114 Å². The molecule has 0 bridgehead atoms. The van der Waals surface area contributed by atoms with Crippen LogP contribution in [0, 0.1) is 0 Å². The van der Waals surface area contributed by atoms with E-state index in [4.69, 9.17) is 27.9 Å². The minimum absolute atomic E-state index is 0.0692. The number of ether oxygens (including phenoxy) is 1. The van der Waals surface area contributed by atoms with Gasteiger partial charge in [-0.3, -0.25) is 14.4 Å². The third-order valence-corrected chi connectivity index (χ3v) is 7.61. The van der Waals surface area contributed by atoms with Gasteiger partial charge in [0.1, 0.15) is 5.70 Å². The fourth-order valence-corrected chi connectivity index (χ4v) is 5.11. The van der Waals surface area contributed by atoms with Crippen molar-refractivity contribution in [2.45, 2.75) is 11.8 Å². The third-order valence-electron chi connectivity index (χ3n) is 5.96. The Morgan fingerprint density at radius 2 is 1.45 bits per heavy atom. The summed E-state index contributed by atoms with van der Waals surface area (Å²) in [6.45, 7) is 2.01. The summed E-state index contributed by atoms with van der Waals surface area (Å²) >= 11 is 13.9. The normalized spacial score (nSPS) is 10.9. The van der Waals surface area contributed by atoms with Crippen LogP contribution in [0.2, 0.25) is 10.0 Å². The number of hydrogen-bond donors (Lipinski definition) is 3. The molecule has 0 aliphatic heterocycles. The van der Waals surface area contributed by atoms with E-state index >= 15 is 0 Å². The molecule has 0 aromatic heterocycles. The van der Waals surface area contributed by atoms with Gasteiger partial charge in [0.15, 0.2) is 0 Å². The van der Waals surface area contributed by atoms with E-state index in [-0.39, 0.29) is 24.0 Å². The molecule has 11 heteroatoms. The lowest BCUT2D eigenvalue weighted by atomic mass is 10.1. The third kappa shape index (κ3) is 9.21. The van der Waals surface area contributed by atoms with Gasteiger partial charge in [-0.25, -0.2) is 4.79 Å². The zero-order valence-corrected chi connectivity index (χ0v) is 25.8. The molecule has 0 fully saturated rings. The van der Waals surface area contributed by atoms with E-state index in [1.54, 1.807) is 104 Å². The van der Waals surface area contributed by atoms with Crippen LogP contribution >= 0.6 is 35.0 Å². The molecule has 4 aromatic rings. The summed E-state index contributed by atoms with van der Waals surface area (Å²) in [5, 5.41) is 8.85. The van der Waals surface area contributed by atoms with E-state index in [1.165, 1.54) is 17.8 Å². The average molecular weight is 649 g/mol. The molecule has 0 aliphatic rings. The molecule has 0 saturated heterocycles. The second-order valence-electron chi connectivity index (χ2n) is 9.13. The van der Waals surface area contributed by atoms with Crippen molar-refractivity contribution in [3.63, 3.8) is 0 Å². The first-order valence-electron chi connectivity index (χ1n) is 13.4. The number of carbonyl (C=O) groups excluding carboxylic acids is 4. The Bertz CT molecular complexity index is 1680. The number of thioether (sulfide) groups is 1. The Morgan fingerprint density at radius 1 is 0.773 bits per heavy atom. The van der Waals surface area contributed by atoms with Crippen LogP contribution in [-0.4, -0.2) is 36.1 Å². The van der Waals surface area contributed by atoms with Crippen LogP contribution in [0.5, 0.6) is 0 Å². The highest BCUT2D eigenvalue weighted by Gasteiger charge is 2.17. The summed E-state index contributed by atoms with van der Waals surface area (Å²) in [6.07, 6.45) is 1.42. The van der Waals surface area contributed by atoms with E-state index in [9.17, 15) is 19.2 Å². The molecule has 4 rings (SSSR count). The van der Waals surface area contributed by atoms with Crippen LogP contribution in [0.3, 0.4) is 0 Å². The summed E-state index contributed by atoms with van der Waals surface area (Å²) < 4.78 is 4.97. The number of halogens is 2. The lowest BCUT2D eigenvalue weighted by Crippen LogP contribution is -2.30. The maximum atomic E-state index is 13.4. The molecule has 4 aromatic carbocycles. The molecule has 0 radical (unpaired) electrons. The van der Waals surface area contributed by atoms with Crippen molar-refractivity contribution >= 4 is 76.1 Å². The number of anilines is 2. The summed E-state index contributed by atoms with van der Waals surface area (Å²) in [6, 6.07) is 26.8. The molecule has 44 heavy (non-hydrogen) atoms. The molecule has 8 nitrogen and oxygen atoms in total. The summed E-state index contributed by atoms with van der Waals surface area (Å²) in [5.74, 6) is -1.67. The van der Waals surface area contributed by atoms with Crippen LogP contribution < -0.4 is 16.0 Å². The first-order chi connectivity index (χ1) is 21.2. The standard InChI is InChI=1S/C33H27Cl2N3O5S/c1-2-43-33(42)22-14-16-23(17-15-22)36-30(39)20-44-25-11-6-10-24(18-25)37-32(41)29(19-26-27(34)12-7-13-28(26)35)38-31(40)21-8-4-3-5-9-21/h3-19H,2,20H2,1H3,(H,36,39)(H,37,41)(H,38,40)/b29-19+. The molecular formula is C33H27Cl2N3O5S. The van der Waals surface area contributed by atoms with Gasteiger partial charge in [0.05, 0.1) is 17.9 Å². The van der Waals surface area contributed by atoms with Gasteiger partial charge in [0.25, 0.3) is 11.8 Å². The molecule has 3 N–H and O–H groups in total. The summed E-state index contributed by atoms with van der Waals surface area (Å²) in [4.78, 5) is 51.4. The van der Waals surface area contributed by atoms with Crippen LogP contribution in [0.1, 0.15) is 33.2 Å². The van der Waals surface area contributed by atoms with E-state index in [1.807, 2.05) is 0 Å². The number of benzene rings is 4. The molecule has 0 unspecified atom stereocenters. The number of hydrogen-bond acceptors (Lipinski definition) is 6. The minimum atomic E-state index is -0.601. The molecule has 0 saturated carbocycles. The molecule has 0 spiro atoms. The highest BCUT2D eigenvalue weighted by Crippen LogP contribution is 2.27. The van der Waals surface area contributed by atoms with Crippen LogP contribution in [-0.2, 0) is 14.3 Å². The quantitative estimate of drug-likeness (QED) is 0.0893. The van der Waals surface area contributed by atoms with E-state index in [0.717, 1.165) is 4.90 Å². The number of carbonyl (C=O) groups is 4. The second kappa shape index (κ2) is 15.8. The van der Waals surface area contributed by atoms with Gasteiger partial charge in [0, 0.05) is 37.4 Å². The fourth-order valence-electron chi connectivity index (χ4n) is 3.85. The number of rotatable bonds is 11. The highest BCUT2D eigenvalue weighted by molar-refractivity contribution is 8.00. The van der Waals surface area contributed by atoms with Crippen LogP contribution in [0.4, 0.5) is 11.4 Å². The monoisotopic (exact) mass is 647 g/mol. The first kappa shape index (κ1) is 32.3. The van der Waals surface area contributed by atoms with Crippen molar-refractivity contribution in [2.75, 3.05) is 23.0 Å². The smallest absolute Gasteiger partial charge is 0.338 e. The van der Waals surface area contributed by atoms with E-state index in [0.29, 0.717) is 38.1 Å². The minimum Gasteiger partial charge on any atom is -0.462 e. The SMILES string of the molecule is CCOC(=O)c1ccc(NC(=O)CSc2cccc(NC(=O)/C(=C\c3c(Cl)cccc3Cl)NC(=O)c3ccccc3)c2)cc1. The van der Waals surface area contributed by atoms with Crippen molar-refractivity contribution in [1.82, 2.24) is 5.32 Å². The Morgan fingerprint density at radius 3 is 2.14 bits per heavy atom. The van der Waals surface area contributed by atoms with Gasteiger partial charge in [-0.05, 0) is 79.7 Å². The zero-order valence-electron chi connectivity index (χ0n) is 23.4. The lowest BCUT2D eigenvalue weighted by molar-refractivity contribution is -0.114. The fraction of sp³-hybridized carbons (Fsp3) is 0.0909. The van der Waals surface area contributed by atoms with Gasteiger partial charge in [0.2, 0.25) is 5.91 Å². The molecule has 3 amide bonds. The van der Waals surface area contributed by atoms with Gasteiger partial charge in [-0.15, -0.1) is 11.8 Å². The molecule has 224 valence electrons. The van der Waals surface area contributed by atoms with Gasteiger partial charge in [-0.2, -0.15) is 0 Å². The van der Waals surface area contributed by atoms with Crippen molar-refractivity contribution in [2.24, 2.45) is 0 Å². The first-order valence-corrected chi connectivity index (χ1v) is 15.1. The Labute approximate surface area is 268 Å². The largest absolute Gasteiger partial charge is 0.462 e. The Hall–Kier alpha value is -4.57. The zero-order chi connectivity index (χ0) is 31.5. The summed E-state index contributed by atoms with van der Waals surface area (Å²) in [5.41, 5.74) is 2.05. The lowest BCUT2D eigenvalue weighted by Gasteiger charge is -2.13. The molecule has 0 aliphatic carbocycles. The van der Waals surface area contributed by atoms with Gasteiger partial charge in [-0.1, -0.05) is 53.5 Å². The van der Waals surface area contributed by atoms with Crippen molar-refractivity contribution in [3.8, 4) is 0 Å².